The predicted molar refractivity (Wildman–Crippen MR) is 91.4 cm³/mol. The number of fused-ring (bicyclic) bond motifs is 1. The number of ether oxygens (including phenoxy) is 1. The van der Waals surface area contributed by atoms with Crippen molar-refractivity contribution in [2.24, 2.45) is 11.1 Å². The molecule has 134 valence electrons. The average molecular weight is 368 g/mol. The van der Waals surface area contributed by atoms with Gasteiger partial charge in [-0.2, -0.15) is 0 Å². The largest absolute Gasteiger partial charge is 0.389 e. The highest BCUT2D eigenvalue weighted by Gasteiger charge is 2.45. The summed E-state index contributed by atoms with van der Waals surface area (Å²) in [6, 6.07) is 4.74. The fourth-order valence-electron chi connectivity index (χ4n) is 3.54. The molecule has 0 radical (unpaired) electrons. The Morgan fingerprint density at radius 2 is 2.12 bits per heavy atom. The minimum absolute atomic E-state index is 0.0848. The van der Waals surface area contributed by atoms with E-state index in [1.54, 1.807) is 12.1 Å². The van der Waals surface area contributed by atoms with Crippen molar-refractivity contribution >= 4 is 28.9 Å². The Bertz CT molecular complexity index is 708. The third kappa shape index (κ3) is 3.30. The molecule has 2 saturated heterocycles. The molecule has 25 heavy (non-hydrogen) atoms. The Balaban J connectivity index is 1.42. The van der Waals surface area contributed by atoms with E-state index in [1.165, 1.54) is 6.07 Å². The molecule has 4 rings (SSSR count). The molecule has 1 amide bonds. The molecule has 1 aromatic rings. The molecule has 2 atom stereocenters. The second-order valence-corrected chi connectivity index (χ2v) is 7.00. The van der Waals surface area contributed by atoms with Gasteiger partial charge in [0.15, 0.2) is 11.8 Å². The molecule has 8 heteroatoms. The Morgan fingerprint density at radius 3 is 2.88 bits per heavy atom. The number of hydrogen-bond donors (Lipinski definition) is 1. The van der Waals surface area contributed by atoms with Gasteiger partial charge in [-0.3, -0.25) is 4.79 Å². The van der Waals surface area contributed by atoms with Gasteiger partial charge in [0.25, 0.3) is 5.91 Å². The first kappa shape index (κ1) is 16.6. The first-order valence-electron chi connectivity index (χ1n) is 8.44. The fraction of sp³-hybridized carbons (Fsp3) is 0.529. The molecule has 0 aliphatic carbocycles. The van der Waals surface area contributed by atoms with E-state index in [0.29, 0.717) is 32.0 Å². The normalized spacial score (nSPS) is 26.2. The summed E-state index contributed by atoms with van der Waals surface area (Å²) in [6.07, 6.45) is 1.46. The zero-order chi connectivity index (χ0) is 17.4. The maximum atomic E-state index is 13.4. The lowest BCUT2D eigenvalue weighted by molar-refractivity contribution is -0.116. The van der Waals surface area contributed by atoms with Crippen LogP contribution in [0.1, 0.15) is 12.8 Å². The second-order valence-electron chi connectivity index (χ2n) is 6.59. The van der Waals surface area contributed by atoms with Gasteiger partial charge in [-0.15, -0.1) is 0 Å². The van der Waals surface area contributed by atoms with E-state index in [0.717, 1.165) is 18.5 Å². The maximum Gasteiger partial charge on any atom is 0.269 e. The number of carbonyl (C=O) groups excluding carboxylic acids is 1. The van der Waals surface area contributed by atoms with E-state index in [1.807, 2.05) is 4.90 Å². The van der Waals surface area contributed by atoms with Crippen LogP contribution in [0.15, 0.2) is 23.4 Å². The number of oxime groups is 1. The Morgan fingerprint density at radius 1 is 1.32 bits per heavy atom. The molecule has 3 aliphatic heterocycles. The molecule has 3 heterocycles. The van der Waals surface area contributed by atoms with Gasteiger partial charge >= 0.3 is 0 Å². The summed E-state index contributed by atoms with van der Waals surface area (Å²) in [6.45, 7) is 2.51. The summed E-state index contributed by atoms with van der Waals surface area (Å²) in [4.78, 5) is 20.0. The van der Waals surface area contributed by atoms with Crippen LogP contribution >= 0.6 is 11.6 Å². The van der Waals surface area contributed by atoms with Crippen molar-refractivity contribution in [1.29, 1.82) is 0 Å². The van der Waals surface area contributed by atoms with Crippen LogP contribution in [0.3, 0.4) is 0 Å². The number of benzene rings is 1. The lowest BCUT2D eigenvalue weighted by atomic mass is 9.99. The van der Waals surface area contributed by atoms with Crippen molar-refractivity contribution in [3.05, 3.63) is 29.0 Å². The number of halogens is 2. The standard InChI is InChI=1S/C17H19ClFN3O3/c18-13-7-11(1-2-14(13)19)22-8-12-15(9-22)25-21-16(12)17(23)20-10-3-5-24-6-4-10/h1-2,7,10,12,15H,3-6,8-9H2,(H,20,23)/t12-,15+/m0/s1. The monoisotopic (exact) mass is 367 g/mol. The molecule has 0 aromatic heterocycles. The van der Waals surface area contributed by atoms with Gasteiger partial charge < -0.3 is 19.8 Å². The van der Waals surface area contributed by atoms with E-state index in [4.69, 9.17) is 21.2 Å². The minimum Gasteiger partial charge on any atom is -0.389 e. The molecule has 0 spiro atoms. The highest BCUT2D eigenvalue weighted by Crippen LogP contribution is 2.32. The zero-order valence-corrected chi connectivity index (χ0v) is 14.3. The third-order valence-corrected chi connectivity index (χ3v) is 5.25. The van der Waals surface area contributed by atoms with Gasteiger partial charge in [0.1, 0.15) is 5.82 Å². The maximum absolute atomic E-state index is 13.4. The number of rotatable bonds is 3. The lowest BCUT2D eigenvalue weighted by Gasteiger charge is -2.23. The van der Waals surface area contributed by atoms with Gasteiger partial charge in [-0.25, -0.2) is 4.39 Å². The number of nitrogens with one attached hydrogen (secondary N) is 1. The molecule has 0 bridgehead atoms. The van der Waals surface area contributed by atoms with Gasteiger partial charge in [0, 0.05) is 31.5 Å². The van der Waals surface area contributed by atoms with Crippen LogP contribution in [-0.4, -0.2) is 50.1 Å². The van der Waals surface area contributed by atoms with Gasteiger partial charge in [-0.05, 0) is 31.0 Å². The van der Waals surface area contributed by atoms with E-state index >= 15 is 0 Å². The summed E-state index contributed by atoms with van der Waals surface area (Å²) in [5.74, 6) is -0.707. The molecule has 1 N–H and O–H groups in total. The number of nitrogens with zero attached hydrogens (tertiary/aromatic N) is 2. The SMILES string of the molecule is O=C(NC1CCOCC1)C1=NO[C@@H]2CN(c3ccc(F)c(Cl)c3)C[C@H]12. The van der Waals surface area contributed by atoms with Crippen LogP contribution in [0.2, 0.25) is 5.02 Å². The quantitative estimate of drug-likeness (QED) is 0.887. The molecular formula is C17H19ClFN3O3. The average Bonchev–Trinajstić information content (AvgIpc) is 3.18. The fourth-order valence-corrected chi connectivity index (χ4v) is 3.71. The topological polar surface area (TPSA) is 63.2 Å². The molecule has 0 unspecified atom stereocenters. The molecule has 1 aromatic carbocycles. The van der Waals surface area contributed by atoms with Crippen molar-refractivity contribution < 1.29 is 18.8 Å². The first-order chi connectivity index (χ1) is 12.1. The third-order valence-electron chi connectivity index (χ3n) is 4.96. The summed E-state index contributed by atoms with van der Waals surface area (Å²) < 4.78 is 18.7. The summed E-state index contributed by atoms with van der Waals surface area (Å²) in [7, 11) is 0. The highest BCUT2D eigenvalue weighted by atomic mass is 35.5. The molecule has 0 saturated carbocycles. The molecule has 2 fully saturated rings. The Kier molecular flexibility index (Phi) is 4.52. The zero-order valence-electron chi connectivity index (χ0n) is 13.6. The van der Waals surface area contributed by atoms with Crippen LogP contribution in [0.25, 0.3) is 0 Å². The predicted octanol–water partition coefficient (Wildman–Crippen LogP) is 1.97. The van der Waals surface area contributed by atoms with Crippen LogP contribution in [0.5, 0.6) is 0 Å². The Labute approximate surface area is 149 Å². The van der Waals surface area contributed by atoms with Crippen LogP contribution in [-0.2, 0) is 14.4 Å². The summed E-state index contributed by atoms with van der Waals surface area (Å²) in [5, 5.41) is 7.12. The van der Waals surface area contributed by atoms with E-state index in [-0.39, 0.29) is 29.0 Å². The smallest absolute Gasteiger partial charge is 0.269 e. The summed E-state index contributed by atoms with van der Waals surface area (Å²) >= 11 is 5.87. The van der Waals surface area contributed by atoms with Crippen LogP contribution in [0.4, 0.5) is 10.1 Å². The Hall–Kier alpha value is -1.86. The van der Waals surface area contributed by atoms with Gasteiger partial charge in [-0.1, -0.05) is 16.8 Å². The molecule has 3 aliphatic rings. The number of carbonyl (C=O) groups is 1. The van der Waals surface area contributed by atoms with Crippen LogP contribution < -0.4 is 10.2 Å². The number of amides is 1. The van der Waals surface area contributed by atoms with Crippen molar-refractivity contribution in [3.63, 3.8) is 0 Å². The lowest BCUT2D eigenvalue weighted by Crippen LogP contribution is -2.44. The van der Waals surface area contributed by atoms with Crippen molar-refractivity contribution in [2.75, 3.05) is 31.2 Å². The van der Waals surface area contributed by atoms with Crippen molar-refractivity contribution in [3.8, 4) is 0 Å². The highest BCUT2D eigenvalue weighted by molar-refractivity contribution is 6.40. The first-order valence-corrected chi connectivity index (χ1v) is 8.82. The van der Waals surface area contributed by atoms with Gasteiger partial charge in [0.05, 0.1) is 17.5 Å². The number of anilines is 1. The van der Waals surface area contributed by atoms with Crippen LogP contribution in [0, 0.1) is 11.7 Å². The second kappa shape index (κ2) is 6.80. The van der Waals surface area contributed by atoms with E-state index < -0.39 is 5.82 Å². The number of hydrogen-bond acceptors (Lipinski definition) is 5. The summed E-state index contributed by atoms with van der Waals surface area (Å²) in [5.41, 5.74) is 1.25. The minimum atomic E-state index is -0.445. The van der Waals surface area contributed by atoms with Crippen molar-refractivity contribution in [2.45, 2.75) is 25.0 Å². The van der Waals surface area contributed by atoms with Gasteiger partial charge in [0.2, 0.25) is 0 Å². The van der Waals surface area contributed by atoms with E-state index in [9.17, 15) is 9.18 Å². The van der Waals surface area contributed by atoms with Crippen molar-refractivity contribution in [1.82, 2.24) is 5.32 Å². The molecular weight excluding hydrogens is 349 g/mol. The molecule has 6 nitrogen and oxygen atoms in total. The van der Waals surface area contributed by atoms with E-state index in [2.05, 4.69) is 10.5 Å².